The SMILES string of the molecule is COc1cc2c(c(OC)c1OC)-c1ccc(NCCCC(=O)Nc3cc(F)c(F)c(F)c3)c(=O)cc1[C@@H](NC(C)=O)CC2. The summed E-state index contributed by atoms with van der Waals surface area (Å²) in [4.78, 5) is 37.7. The van der Waals surface area contributed by atoms with E-state index in [-0.39, 0.29) is 42.1 Å². The van der Waals surface area contributed by atoms with E-state index >= 15 is 0 Å². The van der Waals surface area contributed by atoms with Gasteiger partial charge in [-0.1, -0.05) is 6.07 Å². The minimum atomic E-state index is -1.62. The monoisotopic (exact) mass is 599 g/mol. The summed E-state index contributed by atoms with van der Waals surface area (Å²) in [7, 11) is 4.55. The van der Waals surface area contributed by atoms with Gasteiger partial charge in [0.25, 0.3) is 0 Å². The summed E-state index contributed by atoms with van der Waals surface area (Å²) in [5.41, 5.74) is 2.62. The van der Waals surface area contributed by atoms with Crippen molar-refractivity contribution in [2.75, 3.05) is 38.5 Å². The van der Waals surface area contributed by atoms with Crippen molar-refractivity contribution in [3.8, 4) is 28.4 Å². The van der Waals surface area contributed by atoms with E-state index < -0.39 is 29.4 Å². The largest absolute Gasteiger partial charge is 0.493 e. The first-order valence-electron chi connectivity index (χ1n) is 13.5. The Bertz CT molecular complexity index is 1590. The Labute approximate surface area is 246 Å². The Kier molecular flexibility index (Phi) is 9.79. The third kappa shape index (κ3) is 6.85. The molecule has 0 bridgehead atoms. The van der Waals surface area contributed by atoms with Crippen LogP contribution in [0.1, 0.15) is 43.4 Å². The highest BCUT2D eigenvalue weighted by Crippen LogP contribution is 2.50. The molecule has 0 aromatic heterocycles. The topological polar surface area (TPSA) is 115 Å². The molecule has 9 nitrogen and oxygen atoms in total. The van der Waals surface area contributed by atoms with Crippen molar-refractivity contribution < 1.29 is 37.0 Å². The van der Waals surface area contributed by atoms with Crippen LogP contribution in [-0.2, 0) is 16.0 Å². The predicted molar refractivity (Wildman–Crippen MR) is 155 cm³/mol. The van der Waals surface area contributed by atoms with Crippen molar-refractivity contribution in [2.45, 2.75) is 38.6 Å². The fraction of sp³-hybridized carbons (Fsp3) is 0.323. The zero-order valence-corrected chi connectivity index (χ0v) is 24.2. The van der Waals surface area contributed by atoms with Crippen LogP contribution in [0.3, 0.4) is 0 Å². The van der Waals surface area contributed by atoms with Crippen LogP contribution in [0, 0.1) is 17.5 Å². The number of carbonyl (C=O) groups is 2. The number of hydrogen-bond donors (Lipinski definition) is 3. The van der Waals surface area contributed by atoms with Gasteiger partial charge in [-0.3, -0.25) is 14.4 Å². The van der Waals surface area contributed by atoms with Crippen molar-refractivity contribution in [1.82, 2.24) is 5.32 Å². The second-order valence-corrected chi connectivity index (χ2v) is 9.93. The lowest BCUT2D eigenvalue weighted by molar-refractivity contribution is -0.119. The van der Waals surface area contributed by atoms with Gasteiger partial charge in [-0.2, -0.15) is 0 Å². The third-order valence-electron chi connectivity index (χ3n) is 7.08. The Morgan fingerprint density at radius 1 is 0.953 bits per heavy atom. The summed E-state index contributed by atoms with van der Waals surface area (Å²) in [5.74, 6) is -3.90. The summed E-state index contributed by atoms with van der Waals surface area (Å²) < 4.78 is 56.9. The summed E-state index contributed by atoms with van der Waals surface area (Å²) in [6, 6.07) is 7.67. The lowest BCUT2D eigenvalue weighted by atomic mass is 9.95. The van der Waals surface area contributed by atoms with E-state index in [4.69, 9.17) is 14.2 Å². The number of methoxy groups -OCH3 is 3. The maximum Gasteiger partial charge on any atom is 0.224 e. The number of rotatable bonds is 10. The van der Waals surface area contributed by atoms with Gasteiger partial charge in [-0.05, 0) is 54.2 Å². The molecule has 3 aromatic rings. The van der Waals surface area contributed by atoms with E-state index in [1.807, 2.05) is 6.07 Å². The van der Waals surface area contributed by atoms with Crippen molar-refractivity contribution in [2.24, 2.45) is 0 Å². The fourth-order valence-corrected chi connectivity index (χ4v) is 5.18. The predicted octanol–water partition coefficient (Wildman–Crippen LogP) is 5.11. The molecule has 0 saturated heterocycles. The number of ether oxygens (including phenoxy) is 3. The van der Waals surface area contributed by atoms with Gasteiger partial charge in [0.2, 0.25) is 23.0 Å². The molecule has 3 N–H and O–H groups in total. The van der Waals surface area contributed by atoms with Crippen LogP contribution >= 0.6 is 0 Å². The number of amides is 2. The van der Waals surface area contributed by atoms with Crippen LogP contribution in [0.2, 0.25) is 0 Å². The molecule has 1 atom stereocenters. The molecule has 0 heterocycles. The zero-order valence-electron chi connectivity index (χ0n) is 24.2. The minimum Gasteiger partial charge on any atom is -0.493 e. The Hall–Kier alpha value is -4.74. The average Bonchev–Trinajstić information content (AvgIpc) is 3.21. The molecule has 228 valence electrons. The standard InChI is InChI=1S/C31H32F3N3O6/c1-16(38)36-23-9-7-17-12-26(41-2)30(42-3)31(43-4)28(17)19-8-10-24(25(39)15-20(19)23)35-11-5-6-27(40)37-18-13-21(32)29(34)22(33)14-18/h8,10,12-15,23H,5-7,9,11H2,1-4H3,(H,35,39)(H,36,38)(H,37,40)/t23-/m0/s1. The van der Waals surface area contributed by atoms with Crippen LogP contribution in [0.4, 0.5) is 24.5 Å². The molecule has 0 radical (unpaired) electrons. The molecule has 43 heavy (non-hydrogen) atoms. The second kappa shape index (κ2) is 13.5. The lowest BCUT2D eigenvalue weighted by Gasteiger charge is -2.19. The van der Waals surface area contributed by atoms with Crippen molar-refractivity contribution >= 4 is 23.2 Å². The van der Waals surface area contributed by atoms with E-state index in [0.717, 1.165) is 11.1 Å². The normalized spacial score (nSPS) is 13.6. The van der Waals surface area contributed by atoms with Crippen LogP contribution in [0.25, 0.3) is 11.1 Å². The van der Waals surface area contributed by atoms with Crippen molar-refractivity contribution in [1.29, 1.82) is 0 Å². The van der Waals surface area contributed by atoms with E-state index in [9.17, 15) is 27.6 Å². The van der Waals surface area contributed by atoms with Crippen molar-refractivity contribution in [3.63, 3.8) is 0 Å². The molecule has 2 amide bonds. The number of aryl methyl sites for hydroxylation is 1. The third-order valence-corrected chi connectivity index (χ3v) is 7.08. The first-order valence-corrected chi connectivity index (χ1v) is 13.5. The molecule has 1 aliphatic carbocycles. The van der Waals surface area contributed by atoms with E-state index in [1.165, 1.54) is 34.3 Å². The first-order chi connectivity index (χ1) is 20.6. The molecule has 4 rings (SSSR count). The molecule has 3 aromatic carbocycles. The molecule has 0 spiro atoms. The number of benzene rings is 2. The van der Waals surface area contributed by atoms with Gasteiger partial charge >= 0.3 is 0 Å². The fourth-order valence-electron chi connectivity index (χ4n) is 5.18. The van der Waals surface area contributed by atoms with Gasteiger partial charge in [0.1, 0.15) is 0 Å². The average molecular weight is 600 g/mol. The van der Waals surface area contributed by atoms with Crippen molar-refractivity contribution in [3.05, 3.63) is 75.2 Å². The van der Waals surface area contributed by atoms with Crippen LogP contribution < -0.4 is 35.6 Å². The molecular weight excluding hydrogens is 567 g/mol. The molecule has 0 saturated carbocycles. The van der Waals surface area contributed by atoms with Gasteiger partial charge in [-0.25, -0.2) is 13.2 Å². The summed E-state index contributed by atoms with van der Waals surface area (Å²) >= 11 is 0. The first kappa shape index (κ1) is 31.2. The van der Waals surface area contributed by atoms with Crippen LogP contribution in [0.5, 0.6) is 17.2 Å². The van der Waals surface area contributed by atoms with Gasteiger partial charge in [0.05, 0.1) is 33.1 Å². The maximum atomic E-state index is 13.4. The number of hydrogen-bond acceptors (Lipinski definition) is 7. The minimum absolute atomic E-state index is 0.0337. The van der Waals surface area contributed by atoms with Gasteiger partial charge in [0.15, 0.2) is 29.0 Å². The molecular formula is C31H32F3N3O6. The molecule has 0 aliphatic heterocycles. The molecule has 1 aliphatic rings. The van der Waals surface area contributed by atoms with E-state index in [2.05, 4.69) is 16.0 Å². The summed E-state index contributed by atoms with van der Waals surface area (Å²) in [6.45, 7) is 1.64. The van der Waals surface area contributed by atoms with Crippen LogP contribution in [-0.4, -0.2) is 39.7 Å². The van der Waals surface area contributed by atoms with Gasteiger partial charge in [0, 0.05) is 43.3 Å². The van der Waals surface area contributed by atoms with Gasteiger partial charge < -0.3 is 30.2 Å². The number of anilines is 2. The number of nitrogens with one attached hydrogen (secondary N) is 3. The highest BCUT2D eigenvalue weighted by atomic mass is 19.2. The quantitative estimate of drug-likeness (QED) is 0.219. The Balaban J connectivity index is 1.60. The van der Waals surface area contributed by atoms with E-state index in [0.29, 0.717) is 53.3 Å². The maximum absolute atomic E-state index is 13.4. The van der Waals surface area contributed by atoms with E-state index in [1.54, 1.807) is 12.1 Å². The zero-order chi connectivity index (χ0) is 31.3. The second-order valence-electron chi connectivity index (χ2n) is 9.93. The molecule has 0 fully saturated rings. The Morgan fingerprint density at radius 2 is 1.65 bits per heavy atom. The molecule has 12 heteroatoms. The lowest BCUT2D eigenvalue weighted by Crippen LogP contribution is -2.26. The summed E-state index contributed by atoms with van der Waals surface area (Å²) in [5, 5.41) is 8.32. The molecule has 0 unspecified atom stereocenters. The smallest absolute Gasteiger partial charge is 0.224 e. The summed E-state index contributed by atoms with van der Waals surface area (Å²) in [6.07, 6.45) is 1.32. The van der Waals surface area contributed by atoms with Crippen LogP contribution in [0.15, 0.2) is 41.2 Å². The van der Waals surface area contributed by atoms with Gasteiger partial charge in [-0.15, -0.1) is 0 Å². The number of fused-ring (bicyclic) bond motifs is 3. The Morgan fingerprint density at radius 3 is 2.28 bits per heavy atom. The number of carbonyl (C=O) groups excluding carboxylic acids is 2. The highest BCUT2D eigenvalue weighted by Gasteiger charge is 2.29. The number of halogens is 3. The highest BCUT2D eigenvalue weighted by molar-refractivity contribution is 5.90.